The Kier molecular flexibility index (Phi) is 4.98. The zero-order chi connectivity index (χ0) is 19.3. The predicted molar refractivity (Wildman–Crippen MR) is 115 cm³/mol. The summed E-state index contributed by atoms with van der Waals surface area (Å²) in [7, 11) is 1.76. The number of carbonyl (C=O) groups is 1. The lowest BCUT2D eigenvalue weighted by Crippen LogP contribution is -2.26. The fourth-order valence-electron chi connectivity index (χ4n) is 3.20. The summed E-state index contributed by atoms with van der Waals surface area (Å²) in [5.41, 5.74) is 4.33. The van der Waals surface area contributed by atoms with E-state index in [0.717, 1.165) is 22.3 Å². The number of nitrogens with zero attached hydrogens (tertiary/aromatic N) is 2. The molecule has 3 heteroatoms. The second kappa shape index (κ2) is 7.89. The normalized spacial score (nSPS) is 13.9. The number of hydrogen-bond donors (Lipinski definition) is 0. The summed E-state index contributed by atoms with van der Waals surface area (Å²) < 4.78 is 0. The monoisotopic (exact) mass is 364 g/mol. The Morgan fingerprint density at radius 3 is 1.79 bits per heavy atom. The predicted octanol–water partition coefficient (Wildman–Crippen LogP) is 5.03. The molecule has 0 fully saturated rings. The molecule has 0 unspecified atom stereocenters. The van der Waals surface area contributed by atoms with Gasteiger partial charge in [-0.05, 0) is 22.8 Å². The van der Waals surface area contributed by atoms with Gasteiger partial charge in [-0.2, -0.15) is 0 Å². The second-order valence-corrected chi connectivity index (χ2v) is 6.53. The number of benzene rings is 3. The Bertz CT molecular complexity index is 1020. The maximum absolute atomic E-state index is 13.0. The molecule has 0 N–H and O–H groups in total. The van der Waals surface area contributed by atoms with Crippen LogP contribution in [0, 0.1) is 0 Å². The third-order valence-corrected chi connectivity index (χ3v) is 4.66. The summed E-state index contributed by atoms with van der Waals surface area (Å²) in [6.45, 7) is 0. The van der Waals surface area contributed by atoms with E-state index in [1.807, 2.05) is 103 Å². The van der Waals surface area contributed by atoms with E-state index in [1.54, 1.807) is 11.9 Å². The largest absolute Gasteiger partial charge is 0.294 e. The van der Waals surface area contributed by atoms with Crippen LogP contribution < -0.4 is 0 Å². The first-order chi connectivity index (χ1) is 13.7. The summed E-state index contributed by atoms with van der Waals surface area (Å²) >= 11 is 0. The minimum absolute atomic E-state index is 0.101. The van der Waals surface area contributed by atoms with Crippen LogP contribution in [-0.2, 0) is 4.79 Å². The van der Waals surface area contributed by atoms with E-state index < -0.39 is 0 Å². The molecule has 1 heterocycles. The Morgan fingerprint density at radius 1 is 0.750 bits per heavy atom. The summed E-state index contributed by atoms with van der Waals surface area (Å²) in [5, 5.41) is 0. The first kappa shape index (κ1) is 17.7. The van der Waals surface area contributed by atoms with Crippen LogP contribution in [0.4, 0.5) is 0 Å². The Morgan fingerprint density at radius 2 is 1.25 bits per heavy atom. The molecule has 1 amide bonds. The van der Waals surface area contributed by atoms with E-state index in [1.165, 1.54) is 0 Å². The van der Waals surface area contributed by atoms with E-state index >= 15 is 0 Å². The van der Waals surface area contributed by atoms with Crippen LogP contribution in [0.15, 0.2) is 108 Å². The molecule has 0 bridgehead atoms. The molecule has 1 aliphatic heterocycles. The van der Waals surface area contributed by atoms with E-state index in [2.05, 4.69) is 0 Å². The third kappa shape index (κ3) is 3.55. The van der Waals surface area contributed by atoms with Gasteiger partial charge in [-0.25, -0.2) is 4.99 Å². The first-order valence-corrected chi connectivity index (χ1v) is 9.19. The zero-order valence-electron chi connectivity index (χ0n) is 15.6. The van der Waals surface area contributed by atoms with Gasteiger partial charge in [-0.1, -0.05) is 97.1 Å². The van der Waals surface area contributed by atoms with Crippen molar-refractivity contribution in [2.75, 3.05) is 7.05 Å². The Hall–Kier alpha value is -3.72. The van der Waals surface area contributed by atoms with Gasteiger partial charge in [0, 0.05) is 12.6 Å². The number of amides is 1. The third-order valence-electron chi connectivity index (χ3n) is 4.66. The number of rotatable bonds is 4. The van der Waals surface area contributed by atoms with Crippen molar-refractivity contribution in [1.29, 1.82) is 0 Å². The minimum Gasteiger partial charge on any atom is -0.294 e. The second-order valence-electron chi connectivity index (χ2n) is 6.53. The highest BCUT2D eigenvalue weighted by molar-refractivity contribution is 6.20. The molecule has 0 atom stereocenters. The van der Waals surface area contributed by atoms with Crippen LogP contribution in [0.25, 0.3) is 11.6 Å². The number of aliphatic imine (C=N–C) groups is 1. The van der Waals surface area contributed by atoms with E-state index in [4.69, 9.17) is 4.99 Å². The minimum atomic E-state index is -0.101. The molecule has 0 aliphatic carbocycles. The molecule has 3 nitrogen and oxygen atoms in total. The number of carbonyl (C=O) groups excluding carboxylic acids is 1. The number of likely N-dealkylation sites (N-methyl/N-ethyl adjacent to an activating group) is 1. The maximum atomic E-state index is 13.0. The lowest BCUT2D eigenvalue weighted by Gasteiger charge is -2.11. The summed E-state index contributed by atoms with van der Waals surface area (Å²) in [6, 6.07) is 29.9. The van der Waals surface area contributed by atoms with Crippen LogP contribution in [-0.4, -0.2) is 23.7 Å². The molecule has 136 valence electrons. The maximum Gasteiger partial charge on any atom is 0.278 e. The smallest absolute Gasteiger partial charge is 0.278 e. The van der Waals surface area contributed by atoms with Gasteiger partial charge < -0.3 is 0 Å². The molecular formula is C25H20N2O. The van der Waals surface area contributed by atoms with Gasteiger partial charge >= 0.3 is 0 Å². The van der Waals surface area contributed by atoms with Crippen molar-refractivity contribution in [1.82, 2.24) is 4.90 Å². The van der Waals surface area contributed by atoms with Crippen molar-refractivity contribution in [3.8, 4) is 0 Å². The van der Waals surface area contributed by atoms with Crippen LogP contribution in [0.1, 0.15) is 16.7 Å². The van der Waals surface area contributed by atoms with Gasteiger partial charge in [0.05, 0.1) is 0 Å². The van der Waals surface area contributed by atoms with Crippen molar-refractivity contribution in [3.63, 3.8) is 0 Å². The van der Waals surface area contributed by atoms with Gasteiger partial charge in [-0.15, -0.1) is 0 Å². The Labute approximate surface area is 165 Å². The molecule has 0 aromatic heterocycles. The molecular weight excluding hydrogens is 344 g/mol. The fourth-order valence-corrected chi connectivity index (χ4v) is 3.20. The molecule has 0 spiro atoms. The van der Waals surface area contributed by atoms with Gasteiger partial charge in [0.2, 0.25) is 0 Å². The average molecular weight is 364 g/mol. The highest BCUT2D eigenvalue weighted by Gasteiger charge is 2.29. The highest BCUT2D eigenvalue weighted by Crippen LogP contribution is 2.31. The van der Waals surface area contributed by atoms with Crippen molar-refractivity contribution >= 4 is 23.4 Å². The standard InChI is InChI=1S/C25H20N2O/c1-27-22(18-17-19-11-5-2-6-12-19)26-24(25(27)28)23(20-13-7-3-8-14-20)21-15-9-4-10-16-21/h2-18H,1H3/b18-17+. The highest BCUT2D eigenvalue weighted by atomic mass is 16.2. The van der Waals surface area contributed by atoms with Gasteiger partial charge in [0.25, 0.3) is 5.91 Å². The molecule has 4 rings (SSSR count). The van der Waals surface area contributed by atoms with Gasteiger partial charge in [0.1, 0.15) is 11.5 Å². The van der Waals surface area contributed by atoms with E-state index in [9.17, 15) is 4.79 Å². The summed E-state index contributed by atoms with van der Waals surface area (Å²) in [5.74, 6) is 0.531. The van der Waals surface area contributed by atoms with Gasteiger partial charge in [0.15, 0.2) is 0 Å². The SMILES string of the molecule is CN1C(=O)C(=C(c2ccccc2)c2ccccc2)N=C1/C=C/c1ccccc1. The van der Waals surface area contributed by atoms with Crippen LogP contribution in [0.2, 0.25) is 0 Å². The Balaban J connectivity index is 1.83. The molecule has 1 aliphatic rings. The van der Waals surface area contributed by atoms with E-state index in [-0.39, 0.29) is 5.91 Å². The molecule has 3 aromatic rings. The van der Waals surface area contributed by atoms with Crippen molar-refractivity contribution in [3.05, 3.63) is 119 Å². The molecule has 3 aromatic carbocycles. The number of hydrogen-bond acceptors (Lipinski definition) is 2. The van der Waals surface area contributed by atoms with Gasteiger partial charge in [-0.3, -0.25) is 9.69 Å². The average Bonchev–Trinajstić information content (AvgIpc) is 3.03. The van der Waals surface area contributed by atoms with Crippen molar-refractivity contribution in [2.24, 2.45) is 4.99 Å². The fraction of sp³-hybridized carbons (Fsp3) is 0.0400. The van der Waals surface area contributed by atoms with E-state index in [0.29, 0.717) is 11.5 Å². The van der Waals surface area contributed by atoms with Crippen molar-refractivity contribution < 1.29 is 4.79 Å². The zero-order valence-corrected chi connectivity index (χ0v) is 15.6. The quantitative estimate of drug-likeness (QED) is 0.598. The van der Waals surface area contributed by atoms with Crippen LogP contribution in [0.5, 0.6) is 0 Å². The van der Waals surface area contributed by atoms with Crippen LogP contribution >= 0.6 is 0 Å². The molecule has 0 saturated heterocycles. The number of amidine groups is 1. The van der Waals surface area contributed by atoms with Crippen LogP contribution in [0.3, 0.4) is 0 Å². The lowest BCUT2D eigenvalue weighted by atomic mass is 9.96. The van der Waals surface area contributed by atoms with Crippen molar-refractivity contribution in [2.45, 2.75) is 0 Å². The first-order valence-electron chi connectivity index (χ1n) is 9.19. The summed E-state index contributed by atoms with van der Waals surface area (Å²) in [6.07, 6.45) is 3.85. The molecule has 0 radical (unpaired) electrons. The molecule has 0 saturated carbocycles. The lowest BCUT2D eigenvalue weighted by molar-refractivity contribution is -0.121. The topological polar surface area (TPSA) is 32.7 Å². The molecule has 28 heavy (non-hydrogen) atoms. The summed E-state index contributed by atoms with van der Waals surface area (Å²) in [4.78, 5) is 19.3.